The summed E-state index contributed by atoms with van der Waals surface area (Å²) in [6, 6.07) is 18.9. The molecular weight excluding hydrogens is 298 g/mol. The van der Waals surface area contributed by atoms with Gasteiger partial charge in [0, 0.05) is 28.7 Å². The normalized spacial score (nSPS) is 13.3. The molecule has 1 heterocycles. The zero-order valence-electron chi connectivity index (χ0n) is 13.2. The number of aromatic nitrogens is 1. The molecule has 0 bridgehead atoms. The van der Waals surface area contributed by atoms with Gasteiger partial charge in [-0.25, -0.2) is 0 Å². The van der Waals surface area contributed by atoms with Crippen molar-refractivity contribution < 1.29 is 9.59 Å². The molecule has 3 nitrogen and oxygen atoms in total. The highest BCUT2D eigenvalue weighted by atomic mass is 16.2. The second kappa shape index (κ2) is 5.46. The van der Waals surface area contributed by atoms with Crippen LogP contribution in [-0.4, -0.2) is 16.1 Å². The number of hydrogen-bond acceptors (Lipinski definition) is 2. The van der Waals surface area contributed by atoms with E-state index in [4.69, 9.17) is 0 Å². The van der Waals surface area contributed by atoms with Gasteiger partial charge >= 0.3 is 0 Å². The summed E-state index contributed by atoms with van der Waals surface area (Å²) in [5.74, 6) is -0.388. The molecule has 1 aliphatic rings. The summed E-state index contributed by atoms with van der Waals surface area (Å²) in [6.07, 6.45) is 3.64. The fourth-order valence-corrected chi connectivity index (χ4v) is 3.11. The maximum atomic E-state index is 12.5. The van der Waals surface area contributed by atoms with Gasteiger partial charge < -0.3 is 4.57 Å². The van der Waals surface area contributed by atoms with Gasteiger partial charge in [-0.2, -0.15) is 0 Å². The van der Waals surface area contributed by atoms with Crippen LogP contribution in [0.2, 0.25) is 0 Å². The first kappa shape index (κ1) is 14.4. The molecule has 0 fully saturated rings. The lowest BCUT2D eigenvalue weighted by atomic mass is 10.1. The Kier molecular flexibility index (Phi) is 3.28. The molecule has 0 amide bonds. The summed E-state index contributed by atoms with van der Waals surface area (Å²) in [5.41, 5.74) is 4.17. The first-order valence-electron chi connectivity index (χ1n) is 7.80. The molecule has 0 aliphatic heterocycles. The maximum absolute atomic E-state index is 12.5. The minimum atomic E-state index is -0.194. The monoisotopic (exact) mass is 313 g/mol. The lowest BCUT2D eigenvalue weighted by Gasteiger charge is -2.04. The largest absolute Gasteiger partial charge is 0.321 e. The van der Waals surface area contributed by atoms with Crippen molar-refractivity contribution in [2.75, 3.05) is 0 Å². The van der Waals surface area contributed by atoms with Gasteiger partial charge in [-0.1, -0.05) is 42.5 Å². The van der Waals surface area contributed by atoms with Crippen LogP contribution in [0.4, 0.5) is 0 Å². The number of rotatable bonds is 2. The minimum absolute atomic E-state index is 0.194. The van der Waals surface area contributed by atoms with Crippen molar-refractivity contribution in [2.45, 2.75) is 6.92 Å². The van der Waals surface area contributed by atoms with E-state index in [0.29, 0.717) is 11.1 Å². The smallest absolute Gasteiger partial charge is 0.197 e. The quantitative estimate of drug-likeness (QED) is 0.524. The average Bonchev–Trinajstić information content (AvgIpc) is 3.09. The van der Waals surface area contributed by atoms with E-state index < -0.39 is 0 Å². The fraction of sp³-hybridized carbons (Fsp3) is 0.0476. The van der Waals surface area contributed by atoms with Gasteiger partial charge in [0.25, 0.3) is 0 Å². The molecule has 0 N–H and O–H groups in total. The zero-order chi connectivity index (χ0) is 16.7. The summed E-state index contributed by atoms with van der Waals surface area (Å²) in [5, 5.41) is 0. The Morgan fingerprint density at radius 2 is 1.42 bits per heavy atom. The van der Waals surface area contributed by atoms with Crippen LogP contribution in [0.25, 0.3) is 11.8 Å². The standard InChI is InChI=1S/C21H15NO2/c1-14-11-15(13-22(14)16-7-3-2-4-8-16)12-19-20(23)17-9-5-6-10-18(17)21(19)24/h2-13H,1H3. The Morgan fingerprint density at radius 1 is 0.833 bits per heavy atom. The number of carbonyl (C=O) groups is 2. The topological polar surface area (TPSA) is 39.1 Å². The van der Waals surface area contributed by atoms with E-state index in [1.165, 1.54) is 0 Å². The molecule has 24 heavy (non-hydrogen) atoms. The molecule has 3 heteroatoms. The van der Waals surface area contributed by atoms with Crippen LogP contribution >= 0.6 is 0 Å². The highest BCUT2D eigenvalue weighted by Crippen LogP contribution is 2.28. The third-order valence-corrected chi connectivity index (χ3v) is 4.28. The van der Waals surface area contributed by atoms with Crippen molar-refractivity contribution in [3.05, 3.63) is 94.8 Å². The van der Waals surface area contributed by atoms with Crippen molar-refractivity contribution in [3.8, 4) is 5.69 Å². The van der Waals surface area contributed by atoms with Gasteiger partial charge in [0.1, 0.15) is 0 Å². The van der Waals surface area contributed by atoms with Crippen LogP contribution < -0.4 is 0 Å². The maximum Gasteiger partial charge on any atom is 0.197 e. The zero-order valence-corrected chi connectivity index (χ0v) is 13.2. The Labute approximate surface area is 139 Å². The lowest BCUT2D eigenvalue weighted by Crippen LogP contribution is -1.99. The van der Waals surface area contributed by atoms with E-state index >= 15 is 0 Å². The molecule has 116 valence electrons. The molecule has 3 aromatic rings. The molecule has 0 radical (unpaired) electrons. The average molecular weight is 313 g/mol. The molecular formula is C21H15NO2. The molecule has 1 aliphatic carbocycles. The van der Waals surface area contributed by atoms with E-state index in [-0.39, 0.29) is 17.1 Å². The number of carbonyl (C=O) groups excluding carboxylic acids is 2. The Balaban J connectivity index is 1.76. The number of fused-ring (bicyclic) bond motifs is 1. The van der Waals surface area contributed by atoms with E-state index in [9.17, 15) is 9.59 Å². The Morgan fingerprint density at radius 3 is 2.04 bits per heavy atom. The summed E-state index contributed by atoms with van der Waals surface area (Å²) in [6.45, 7) is 2.00. The number of benzene rings is 2. The van der Waals surface area contributed by atoms with Gasteiger partial charge in [-0.05, 0) is 36.8 Å². The third kappa shape index (κ3) is 2.22. The highest BCUT2D eigenvalue weighted by Gasteiger charge is 2.32. The van der Waals surface area contributed by atoms with Crippen LogP contribution in [-0.2, 0) is 0 Å². The number of para-hydroxylation sites is 1. The number of hydrogen-bond donors (Lipinski definition) is 0. The van der Waals surface area contributed by atoms with Crippen LogP contribution in [0.1, 0.15) is 32.0 Å². The molecule has 2 aromatic carbocycles. The predicted molar refractivity (Wildman–Crippen MR) is 93.6 cm³/mol. The number of allylic oxidation sites excluding steroid dienone is 1. The summed E-state index contributed by atoms with van der Waals surface area (Å²) >= 11 is 0. The van der Waals surface area contributed by atoms with Gasteiger partial charge in [-0.3, -0.25) is 9.59 Å². The lowest BCUT2D eigenvalue weighted by molar-refractivity contribution is 0.0990. The summed E-state index contributed by atoms with van der Waals surface area (Å²) in [7, 11) is 0. The van der Waals surface area contributed by atoms with Gasteiger partial charge in [0.15, 0.2) is 11.6 Å². The highest BCUT2D eigenvalue weighted by molar-refractivity contribution is 6.41. The summed E-state index contributed by atoms with van der Waals surface area (Å²) < 4.78 is 2.05. The molecule has 4 rings (SSSR count). The van der Waals surface area contributed by atoms with Crippen LogP contribution in [0.5, 0.6) is 0 Å². The minimum Gasteiger partial charge on any atom is -0.321 e. The van der Waals surface area contributed by atoms with Crippen molar-refractivity contribution in [1.82, 2.24) is 4.57 Å². The van der Waals surface area contributed by atoms with Gasteiger partial charge in [0.2, 0.25) is 0 Å². The van der Waals surface area contributed by atoms with Crippen molar-refractivity contribution >= 4 is 17.6 Å². The van der Waals surface area contributed by atoms with E-state index in [2.05, 4.69) is 0 Å². The number of ketones is 2. The number of aryl methyl sites for hydroxylation is 1. The van der Waals surface area contributed by atoms with Crippen molar-refractivity contribution in [2.24, 2.45) is 0 Å². The third-order valence-electron chi connectivity index (χ3n) is 4.28. The molecule has 0 saturated heterocycles. The second-order valence-corrected chi connectivity index (χ2v) is 5.88. The second-order valence-electron chi connectivity index (χ2n) is 5.88. The van der Waals surface area contributed by atoms with Gasteiger partial charge in [0.05, 0.1) is 5.57 Å². The summed E-state index contributed by atoms with van der Waals surface area (Å²) in [4.78, 5) is 25.0. The fourth-order valence-electron chi connectivity index (χ4n) is 3.11. The Hall–Kier alpha value is -3.20. The van der Waals surface area contributed by atoms with Gasteiger partial charge in [-0.15, -0.1) is 0 Å². The van der Waals surface area contributed by atoms with E-state index in [1.54, 1.807) is 30.3 Å². The van der Waals surface area contributed by atoms with Crippen molar-refractivity contribution in [1.29, 1.82) is 0 Å². The van der Waals surface area contributed by atoms with E-state index in [1.807, 2.05) is 54.1 Å². The Bertz CT molecular complexity index is 957. The van der Waals surface area contributed by atoms with Crippen molar-refractivity contribution in [3.63, 3.8) is 0 Å². The molecule has 0 saturated carbocycles. The van der Waals surface area contributed by atoms with Crippen LogP contribution in [0.3, 0.4) is 0 Å². The van der Waals surface area contributed by atoms with E-state index in [0.717, 1.165) is 16.9 Å². The first-order chi connectivity index (χ1) is 11.6. The van der Waals surface area contributed by atoms with Crippen LogP contribution in [0.15, 0.2) is 72.4 Å². The predicted octanol–water partition coefficient (Wildman–Crippen LogP) is 4.25. The molecule has 0 spiro atoms. The number of Topliss-reactive ketones (excluding diaryl/α,β-unsaturated/α-hetero) is 2. The molecule has 1 aromatic heterocycles. The van der Waals surface area contributed by atoms with Crippen LogP contribution in [0, 0.1) is 6.92 Å². The molecule has 0 unspecified atom stereocenters. The first-order valence-corrected chi connectivity index (χ1v) is 7.80. The number of nitrogens with zero attached hydrogens (tertiary/aromatic N) is 1. The molecule has 0 atom stereocenters. The SMILES string of the molecule is Cc1cc(C=C2C(=O)c3ccccc3C2=O)cn1-c1ccccc1.